The lowest BCUT2D eigenvalue weighted by atomic mass is 9.88. The van der Waals surface area contributed by atoms with E-state index in [0.29, 0.717) is 12.0 Å². The molecule has 0 bridgehead atoms. The van der Waals surface area contributed by atoms with Gasteiger partial charge in [-0.1, -0.05) is 19.3 Å². The molecule has 1 aromatic rings. The van der Waals surface area contributed by atoms with Crippen molar-refractivity contribution in [1.29, 1.82) is 0 Å². The number of hydrogen-bond donors (Lipinski definition) is 1. The summed E-state index contributed by atoms with van der Waals surface area (Å²) < 4.78 is 11.5. The molecule has 3 heteroatoms. The van der Waals surface area contributed by atoms with Gasteiger partial charge in [-0.15, -0.1) is 0 Å². The van der Waals surface area contributed by atoms with Crippen LogP contribution in [-0.2, 0) is 4.74 Å². The van der Waals surface area contributed by atoms with Crippen molar-refractivity contribution in [3.05, 3.63) is 24.2 Å². The van der Waals surface area contributed by atoms with E-state index in [-0.39, 0.29) is 0 Å². The minimum absolute atomic E-state index is 0.313. The molecular formula is C16H25NO2. The van der Waals surface area contributed by atoms with E-state index >= 15 is 0 Å². The van der Waals surface area contributed by atoms with Gasteiger partial charge in [0.25, 0.3) is 0 Å². The third-order valence-electron chi connectivity index (χ3n) is 4.67. The van der Waals surface area contributed by atoms with Crippen molar-refractivity contribution in [2.24, 2.45) is 5.92 Å². The zero-order valence-corrected chi connectivity index (χ0v) is 11.6. The second-order valence-electron chi connectivity index (χ2n) is 6.03. The minimum atomic E-state index is 0.313. The van der Waals surface area contributed by atoms with Crippen molar-refractivity contribution in [2.45, 2.75) is 50.5 Å². The van der Waals surface area contributed by atoms with Crippen LogP contribution in [0.25, 0.3) is 0 Å². The van der Waals surface area contributed by atoms with Crippen LogP contribution in [0, 0.1) is 5.92 Å². The molecule has 1 saturated carbocycles. The van der Waals surface area contributed by atoms with Gasteiger partial charge in [-0.05, 0) is 43.4 Å². The molecule has 19 heavy (non-hydrogen) atoms. The van der Waals surface area contributed by atoms with Crippen molar-refractivity contribution in [2.75, 3.05) is 19.7 Å². The van der Waals surface area contributed by atoms with E-state index in [1.807, 2.05) is 6.26 Å². The van der Waals surface area contributed by atoms with Crippen molar-refractivity contribution in [1.82, 2.24) is 5.32 Å². The van der Waals surface area contributed by atoms with Gasteiger partial charge in [-0.25, -0.2) is 0 Å². The number of ether oxygens (including phenoxy) is 1. The van der Waals surface area contributed by atoms with Gasteiger partial charge in [0.15, 0.2) is 0 Å². The third kappa shape index (κ3) is 3.40. The monoisotopic (exact) mass is 263 g/mol. The first kappa shape index (κ1) is 13.2. The molecule has 2 heterocycles. The van der Waals surface area contributed by atoms with Gasteiger partial charge in [0.1, 0.15) is 0 Å². The Bertz CT molecular complexity index is 357. The van der Waals surface area contributed by atoms with Gasteiger partial charge in [0, 0.05) is 19.1 Å². The molecule has 1 aliphatic carbocycles. The molecule has 3 rings (SSSR count). The van der Waals surface area contributed by atoms with E-state index in [0.717, 1.165) is 32.0 Å². The first-order valence-corrected chi connectivity index (χ1v) is 7.78. The van der Waals surface area contributed by atoms with Crippen LogP contribution in [0.3, 0.4) is 0 Å². The Balaban J connectivity index is 1.55. The zero-order valence-electron chi connectivity index (χ0n) is 11.6. The second kappa shape index (κ2) is 6.58. The molecule has 0 amide bonds. The molecule has 2 atom stereocenters. The molecule has 106 valence electrons. The van der Waals surface area contributed by atoms with Crippen LogP contribution in [0.2, 0.25) is 0 Å². The van der Waals surface area contributed by atoms with Crippen molar-refractivity contribution >= 4 is 0 Å². The summed E-state index contributed by atoms with van der Waals surface area (Å²) in [6, 6.07) is 2.09. The fourth-order valence-electron chi connectivity index (χ4n) is 3.49. The summed E-state index contributed by atoms with van der Waals surface area (Å²) in [6.07, 6.45) is 12.0. The van der Waals surface area contributed by atoms with Gasteiger partial charge >= 0.3 is 0 Å². The fraction of sp³-hybridized carbons (Fsp3) is 0.750. The van der Waals surface area contributed by atoms with Crippen LogP contribution >= 0.6 is 0 Å². The lowest BCUT2D eigenvalue weighted by molar-refractivity contribution is -0.00411. The highest BCUT2D eigenvalue weighted by Crippen LogP contribution is 2.30. The van der Waals surface area contributed by atoms with E-state index in [2.05, 4.69) is 11.4 Å². The molecular weight excluding hydrogens is 238 g/mol. The van der Waals surface area contributed by atoms with Crippen LogP contribution in [-0.4, -0.2) is 25.8 Å². The van der Waals surface area contributed by atoms with Crippen LogP contribution in [0.4, 0.5) is 0 Å². The third-order valence-corrected chi connectivity index (χ3v) is 4.67. The highest BCUT2D eigenvalue weighted by molar-refractivity contribution is 5.15. The molecule has 0 unspecified atom stereocenters. The fourth-order valence-corrected chi connectivity index (χ4v) is 3.49. The Morgan fingerprint density at radius 2 is 2.11 bits per heavy atom. The molecule has 0 spiro atoms. The quantitative estimate of drug-likeness (QED) is 0.905. The maximum absolute atomic E-state index is 6.25. The lowest BCUT2D eigenvalue weighted by Crippen LogP contribution is -2.41. The Morgan fingerprint density at radius 1 is 1.21 bits per heavy atom. The number of rotatable bonds is 4. The second-order valence-corrected chi connectivity index (χ2v) is 6.03. The van der Waals surface area contributed by atoms with E-state index in [9.17, 15) is 0 Å². The average molecular weight is 263 g/mol. The first-order chi connectivity index (χ1) is 9.43. The van der Waals surface area contributed by atoms with Crippen LogP contribution in [0.1, 0.15) is 50.0 Å². The van der Waals surface area contributed by atoms with Crippen molar-refractivity contribution < 1.29 is 9.15 Å². The van der Waals surface area contributed by atoms with Crippen LogP contribution in [0.15, 0.2) is 23.0 Å². The summed E-state index contributed by atoms with van der Waals surface area (Å²) >= 11 is 0. The summed E-state index contributed by atoms with van der Waals surface area (Å²) in [5.74, 6) is 1.30. The predicted octanol–water partition coefficient (Wildman–Crippen LogP) is 3.32. The predicted molar refractivity (Wildman–Crippen MR) is 75.3 cm³/mol. The maximum atomic E-state index is 6.25. The molecule has 0 aromatic carbocycles. The smallest absolute Gasteiger partial charge is 0.0938 e. The first-order valence-electron chi connectivity index (χ1n) is 7.78. The topological polar surface area (TPSA) is 34.4 Å². The summed E-state index contributed by atoms with van der Waals surface area (Å²) in [7, 11) is 0. The molecule has 1 aliphatic heterocycles. The van der Waals surface area contributed by atoms with Crippen molar-refractivity contribution in [3.63, 3.8) is 0 Å². The number of nitrogens with one attached hydrogen (secondary N) is 1. The van der Waals surface area contributed by atoms with Crippen molar-refractivity contribution in [3.8, 4) is 0 Å². The van der Waals surface area contributed by atoms with E-state index < -0.39 is 0 Å². The maximum Gasteiger partial charge on any atom is 0.0938 e. The molecule has 1 N–H and O–H groups in total. The molecule has 2 fully saturated rings. The van der Waals surface area contributed by atoms with E-state index in [4.69, 9.17) is 9.15 Å². The van der Waals surface area contributed by atoms with E-state index in [1.54, 1.807) is 6.26 Å². The Labute approximate surface area is 115 Å². The summed E-state index contributed by atoms with van der Waals surface area (Å²) in [4.78, 5) is 0. The largest absolute Gasteiger partial charge is 0.472 e. The molecule has 0 radical (unpaired) electrons. The standard InChI is InChI=1S/C16H25NO2/c1-2-4-13(5-3-1)11-19-16-10-17-8-6-15(16)14-7-9-18-12-14/h7,9,12-13,15-17H,1-6,8,10-11H2/t15-,16-/m1/s1. The summed E-state index contributed by atoms with van der Waals surface area (Å²) in [5.41, 5.74) is 1.30. The SMILES string of the molecule is c1cc([C@H]2CCNC[C@H]2OCC2CCCCC2)co1. The molecule has 2 aliphatic rings. The highest BCUT2D eigenvalue weighted by atomic mass is 16.5. The Morgan fingerprint density at radius 3 is 2.89 bits per heavy atom. The van der Waals surface area contributed by atoms with E-state index in [1.165, 1.54) is 37.7 Å². The van der Waals surface area contributed by atoms with Gasteiger partial charge < -0.3 is 14.5 Å². The van der Waals surface area contributed by atoms with Crippen LogP contribution < -0.4 is 5.32 Å². The van der Waals surface area contributed by atoms with Gasteiger partial charge in [-0.3, -0.25) is 0 Å². The van der Waals surface area contributed by atoms with Gasteiger partial charge in [0.2, 0.25) is 0 Å². The average Bonchev–Trinajstić information content (AvgIpc) is 3.01. The van der Waals surface area contributed by atoms with Crippen LogP contribution in [0.5, 0.6) is 0 Å². The minimum Gasteiger partial charge on any atom is -0.472 e. The normalized spacial score (nSPS) is 29.5. The Kier molecular flexibility index (Phi) is 4.57. The number of piperidine rings is 1. The molecule has 3 nitrogen and oxygen atoms in total. The molecule has 1 saturated heterocycles. The lowest BCUT2D eigenvalue weighted by Gasteiger charge is -2.33. The van der Waals surface area contributed by atoms with Gasteiger partial charge in [0.05, 0.1) is 18.6 Å². The van der Waals surface area contributed by atoms with Gasteiger partial charge in [-0.2, -0.15) is 0 Å². The number of furan rings is 1. The molecule has 1 aromatic heterocycles. The number of hydrogen-bond acceptors (Lipinski definition) is 3. The summed E-state index contributed by atoms with van der Waals surface area (Å²) in [5, 5.41) is 3.46. The zero-order chi connectivity index (χ0) is 12.9. The highest BCUT2D eigenvalue weighted by Gasteiger charge is 2.28. The Hall–Kier alpha value is -0.800. The summed E-state index contributed by atoms with van der Waals surface area (Å²) in [6.45, 7) is 3.00.